The summed E-state index contributed by atoms with van der Waals surface area (Å²) in [5.74, 6) is -2.95. The molecule has 0 bridgehead atoms. The van der Waals surface area contributed by atoms with Gasteiger partial charge < -0.3 is 15.9 Å². The highest BCUT2D eigenvalue weighted by molar-refractivity contribution is 5.77. The molecule has 0 spiro atoms. The predicted molar refractivity (Wildman–Crippen MR) is 60.0 cm³/mol. The minimum atomic E-state index is -1.08. The Balaban J connectivity index is 4.27. The van der Waals surface area contributed by atoms with Crippen LogP contribution in [-0.4, -0.2) is 28.2 Å². The van der Waals surface area contributed by atoms with Gasteiger partial charge in [-0.25, -0.2) is 0 Å². The van der Waals surface area contributed by atoms with E-state index in [1.165, 1.54) is 0 Å². The molecule has 0 aromatic rings. The van der Waals surface area contributed by atoms with E-state index in [9.17, 15) is 9.59 Å². The fraction of sp³-hybridized carbons (Fsp3) is 0.818. The lowest BCUT2D eigenvalue weighted by molar-refractivity contribution is -0.148. The summed E-state index contributed by atoms with van der Waals surface area (Å²) < 4.78 is 0. The van der Waals surface area contributed by atoms with Crippen LogP contribution in [0.2, 0.25) is 0 Å². The maximum Gasteiger partial charge on any atom is 0.307 e. The lowest BCUT2D eigenvalue weighted by Gasteiger charge is -2.22. The molecule has 5 nitrogen and oxygen atoms in total. The molecule has 4 N–H and O–H groups in total. The molecular formula is C11H21NO4. The lowest BCUT2D eigenvalue weighted by Crippen LogP contribution is -2.31. The van der Waals surface area contributed by atoms with E-state index < -0.39 is 17.9 Å². The lowest BCUT2D eigenvalue weighted by atomic mass is 9.87. The van der Waals surface area contributed by atoms with Gasteiger partial charge in [0.1, 0.15) is 0 Å². The first-order chi connectivity index (χ1) is 7.38. The summed E-state index contributed by atoms with van der Waals surface area (Å²) in [7, 11) is 0. The number of carboxylic acids is 2. The van der Waals surface area contributed by atoms with Gasteiger partial charge in [0.2, 0.25) is 0 Å². The molecule has 5 heteroatoms. The summed E-state index contributed by atoms with van der Waals surface area (Å²) in [6, 6.07) is -0.0550. The second kappa shape index (κ2) is 7.22. The molecule has 3 atom stereocenters. The molecule has 0 fully saturated rings. The van der Waals surface area contributed by atoms with E-state index in [2.05, 4.69) is 0 Å². The van der Waals surface area contributed by atoms with Crippen molar-refractivity contribution < 1.29 is 19.8 Å². The van der Waals surface area contributed by atoms with Crippen molar-refractivity contribution in [3.63, 3.8) is 0 Å². The van der Waals surface area contributed by atoms with E-state index >= 15 is 0 Å². The third-order valence-corrected chi connectivity index (χ3v) is 2.78. The average molecular weight is 231 g/mol. The fourth-order valence-corrected chi connectivity index (χ4v) is 1.72. The summed E-state index contributed by atoms with van der Waals surface area (Å²) in [5, 5.41) is 17.5. The molecule has 16 heavy (non-hydrogen) atoms. The van der Waals surface area contributed by atoms with Gasteiger partial charge in [0.15, 0.2) is 0 Å². The van der Waals surface area contributed by atoms with Crippen LogP contribution >= 0.6 is 0 Å². The maximum absolute atomic E-state index is 10.8. The van der Waals surface area contributed by atoms with Crippen molar-refractivity contribution in [2.75, 3.05) is 0 Å². The Bertz CT molecular complexity index is 242. The number of carboxylic acid groups (broad SMARTS) is 2. The van der Waals surface area contributed by atoms with E-state index in [1.54, 1.807) is 0 Å². The molecule has 0 radical (unpaired) electrons. The topological polar surface area (TPSA) is 101 Å². The third kappa shape index (κ3) is 5.70. The molecule has 0 aromatic carbocycles. The second-order valence-electron chi connectivity index (χ2n) is 4.30. The predicted octanol–water partition coefficient (Wildman–Crippen LogP) is 1.32. The molecule has 3 unspecified atom stereocenters. The van der Waals surface area contributed by atoms with Crippen LogP contribution in [0.4, 0.5) is 0 Å². The van der Waals surface area contributed by atoms with Crippen LogP contribution in [0.3, 0.4) is 0 Å². The molecular weight excluding hydrogens is 210 g/mol. The minimum Gasteiger partial charge on any atom is -0.481 e. The Kier molecular flexibility index (Phi) is 6.72. The average Bonchev–Trinajstić information content (AvgIpc) is 2.16. The molecule has 0 saturated carbocycles. The molecule has 0 aliphatic rings. The summed E-state index contributed by atoms with van der Waals surface area (Å²) in [4.78, 5) is 21.3. The standard InChI is InChI=1S/C11H21NO4/c1-3-4-9(12)7(2)5-8(11(15)16)6-10(13)14/h7-9H,3-6,12H2,1-2H3,(H,13,14)(H,15,16). The van der Waals surface area contributed by atoms with Gasteiger partial charge in [-0.15, -0.1) is 0 Å². The highest BCUT2D eigenvalue weighted by Gasteiger charge is 2.25. The largest absolute Gasteiger partial charge is 0.481 e. The van der Waals surface area contributed by atoms with Crippen LogP contribution in [-0.2, 0) is 9.59 Å². The van der Waals surface area contributed by atoms with Crippen molar-refractivity contribution >= 4 is 11.9 Å². The normalized spacial score (nSPS) is 16.4. The van der Waals surface area contributed by atoms with Crippen LogP contribution in [0.25, 0.3) is 0 Å². The Morgan fingerprint density at radius 3 is 2.25 bits per heavy atom. The van der Waals surface area contributed by atoms with Crippen LogP contribution in [0.15, 0.2) is 0 Å². The highest BCUT2D eigenvalue weighted by atomic mass is 16.4. The van der Waals surface area contributed by atoms with Gasteiger partial charge in [-0.1, -0.05) is 20.3 Å². The van der Waals surface area contributed by atoms with Crippen molar-refractivity contribution in [3.05, 3.63) is 0 Å². The van der Waals surface area contributed by atoms with E-state index in [1.807, 2.05) is 13.8 Å². The van der Waals surface area contributed by atoms with Crippen molar-refractivity contribution in [2.45, 2.75) is 45.6 Å². The molecule has 0 rings (SSSR count). The van der Waals surface area contributed by atoms with Crippen molar-refractivity contribution in [1.82, 2.24) is 0 Å². The third-order valence-electron chi connectivity index (χ3n) is 2.78. The molecule has 0 saturated heterocycles. The second-order valence-corrected chi connectivity index (χ2v) is 4.30. The first-order valence-corrected chi connectivity index (χ1v) is 5.58. The zero-order chi connectivity index (χ0) is 12.7. The van der Waals surface area contributed by atoms with Gasteiger partial charge in [0, 0.05) is 6.04 Å². The highest BCUT2D eigenvalue weighted by Crippen LogP contribution is 2.20. The SMILES string of the molecule is CCCC(N)C(C)CC(CC(=O)O)C(=O)O. The Morgan fingerprint density at radius 2 is 1.88 bits per heavy atom. The quantitative estimate of drug-likeness (QED) is 0.584. The Hall–Kier alpha value is -1.10. The molecule has 0 aliphatic carbocycles. The zero-order valence-corrected chi connectivity index (χ0v) is 9.85. The first kappa shape index (κ1) is 14.9. The fourth-order valence-electron chi connectivity index (χ4n) is 1.72. The van der Waals surface area contributed by atoms with Gasteiger partial charge in [0.05, 0.1) is 12.3 Å². The molecule has 94 valence electrons. The van der Waals surface area contributed by atoms with Gasteiger partial charge in [-0.3, -0.25) is 9.59 Å². The number of hydrogen-bond acceptors (Lipinski definition) is 3. The van der Waals surface area contributed by atoms with Crippen LogP contribution in [0.1, 0.15) is 39.5 Å². The van der Waals surface area contributed by atoms with Crippen LogP contribution in [0.5, 0.6) is 0 Å². The maximum atomic E-state index is 10.8. The number of hydrogen-bond donors (Lipinski definition) is 3. The van der Waals surface area contributed by atoms with Crippen LogP contribution in [0, 0.1) is 11.8 Å². The number of carbonyl (C=O) groups is 2. The molecule has 0 aliphatic heterocycles. The summed E-state index contributed by atoms with van der Waals surface area (Å²) >= 11 is 0. The van der Waals surface area contributed by atoms with Gasteiger partial charge in [0.25, 0.3) is 0 Å². The van der Waals surface area contributed by atoms with Crippen molar-refractivity contribution in [3.8, 4) is 0 Å². The summed E-state index contributed by atoms with van der Waals surface area (Å²) in [5.41, 5.74) is 5.87. The molecule has 0 aromatic heterocycles. The Labute approximate surface area is 95.6 Å². The van der Waals surface area contributed by atoms with E-state index in [0.29, 0.717) is 6.42 Å². The summed E-state index contributed by atoms with van der Waals surface area (Å²) in [6.07, 6.45) is 1.77. The minimum absolute atomic E-state index is 0.0281. The number of rotatable bonds is 8. The monoisotopic (exact) mass is 231 g/mol. The number of nitrogens with two attached hydrogens (primary N) is 1. The smallest absolute Gasteiger partial charge is 0.307 e. The van der Waals surface area contributed by atoms with Gasteiger partial charge >= 0.3 is 11.9 Å². The zero-order valence-electron chi connectivity index (χ0n) is 9.85. The first-order valence-electron chi connectivity index (χ1n) is 5.58. The van der Waals surface area contributed by atoms with E-state index in [4.69, 9.17) is 15.9 Å². The van der Waals surface area contributed by atoms with E-state index in [-0.39, 0.29) is 18.4 Å². The molecule has 0 amide bonds. The van der Waals surface area contributed by atoms with Crippen LogP contribution < -0.4 is 5.73 Å². The van der Waals surface area contributed by atoms with Gasteiger partial charge in [-0.05, 0) is 18.8 Å². The van der Waals surface area contributed by atoms with Gasteiger partial charge in [-0.2, -0.15) is 0 Å². The van der Waals surface area contributed by atoms with Crippen molar-refractivity contribution in [1.29, 1.82) is 0 Å². The molecule has 0 heterocycles. The summed E-state index contributed by atoms with van der Waals surface area (Å²) in [6.45, 7) is 3.89. The number of aliphatic carboxylic acids is 2. The Morgan fingerprint density at radius 1 is 1.31 bits per heavy atom. The van der Waals surface area contributed by atoms with Crippen molar-refractivity contribution in [2.24, 2.45) is 17.6 Å². The van der Waals surface area contributed by atoms with E-state index in [0.717, 1.165) is 12.8 Å².